The average molecular weight is 211 g/mol. The molecule has 0 saturated carbocycles. The highest BCUT2D eigenvalue weighted by molar-refractivity contribution is 7.09. The van der Waals surface area contributed by atoms with E-state index in [0.717, 1.165) is 19.3 Å². The van der Waals surface area contributed by atoms with Crippen LogP contribution in [0.25, 0.3) is 0 Å². The van der Waals surface area contributed by atoms with Gasteiger partial charge in [-0.1, -0.05) is 26.8 Å². The molecule has 2 heteroatoms. The van der Waals surface area contributed by atoms with E-state index in [4.69, 9.17) is 5.73 Å². The maximum atomic E-state index is 6.36. The predicted octanol–water partition coefficient (Wildman–Crippen LogP) is 3.44. The van der Waals surface area contributed by atoms with Gasteiger partial charge in [-0.15, -0.1) is 11.3 Å². The largest absolute Gasteiger partial charge is 0.325 e. The molecular formula is C12H21NS. The predicted molar refractivity (Wildman–Crippen MR) is 64.7 cm³/mol. The smallest absolute Gasteiger partial charge is 0.0178 e. The van der Waals surface area contributed by atoms with E-state index < -0.39 is 0 Å². The van der Waals surface area contributed by atoms with Gasteiger partial charge in [0.2, 0.25) is 0 Å². The van der Waals surface area contributed by atoms with Gasteiger partial charge < -0.3 is 5.73 Å². The molecule has 1 aromatic heterocycles. The van der Waals surface area contributed by atoms with Crippen molar-refractivity contribution in [1.29, 1.82) is 0 Å². The quantitative estimate of drug-likeness (QED) is 0.793. The molecule has 0 amide bonds. The Morgan fingerprint density at radius 3 is 2.64 bits per heavy atom. The molecule has 1 aromatic rings. The van der Waals surface area contributed by atoms with Crippen LogP contribution in [0.3, 0.4) is 0 Å². The van der Waals surface area contributed by atoms with Crippen molar-refractivity contribution in [2.75, 3.05) is 0 Å². The highest BCUT2D eigenvalue weighted by Crippen LogP contribution is 2.25. The summed E-state index contributed by atoms with van der Waals surface area (Å²) in [5.41, 5.74) is 6.38. The van der Waals surface area contributed by atoms with Crippen molar-refractivity contribution >= 4 is 11.3 Å². The maximum absolute atomic E-state index is 6.36. The third-order valence-corrected chi connectivity index (χ3v) is 4.16. The van der Waals surface area contributed by atoms with E-state index in [9.17, 15) is 0 Å². The summed E-state index contributed by atoms with van der Waals surface area (Å²) in [5, 5.41) is 2.13. The molecule has 0 saturated heterocycles. The minimum atomic E-state index is 0.0178. The molecule has 0 radical (unpaired) electrons. The summed E-state index contributed by atoms with van der Waals surface area (Å²) in [6, 6.07) is 4.31. The van der Waals surface area contributed by atoms with Gasteiger partial charge in [-0.05, 0) is 36.6 Å². The van der Waals surface area contributed by atoms with E-state index in [-0.39, 0.29) is 5.54 Å². The van der Waals surface area contributed by atoms with E-state index in [0.29, 0.717) is 5.92 Å². The van der Waals surface area contributed by atoms with E-state index >= 15 is 0 Å². The zero-order valence-electron chi connectivity index (χ0n) is 9.42. The standard InChI is InChI=1S/C12H21NS/c1-4-12(13,10(2)3)8-7-11-6-5-9-14-11/h5-6,9-10H,4,7-8,13H2,1-3H3. The van der Waals surface area contributed by atoms with Gasteiger partial charge in [-0.2, -0.15) is 0 Å². The lowest BCUT2D eigenvalue weighted by Gasteiger charge is -2.32. The minimum absolute atomic E-state index is 0.0178. The Morgan fingerprint density at radius 2 is 2.21 bits per heavy atom. The highest BCUT2D eigenvalue weighted by atomic mass is 32.1. The monoisotopic (exact) mass is 211 g/mol. The summed E-state index contributed by atoms with van der Waals surface area (Å²) in [5.74, 6) is 0.562. The number of hydrogen-bond acceptors (Lipinski definition) is 2. The molecular weight excluding hydrogens is 190 g/mol. The van der Waals surface area contributed by atoms with Gasteiger partial charge in [0.1, 0.15) is 0 Å². The second kappa shape index (κ2) is 4.94. The molecule has 1 atom stereocenters. The number of aryl methyl sites for hydroxylation is 1. The summed E-state index contributed by atoms with van der Waals surface area (Å²) in [6.07, 6.45) is 3.29. The van der Waals surface area contributed by atoms with E-state index in [1.54, 1.807) is 0 Å². The first-order valence-electron chi connectivity index (χ1n) is 5.39. The average Bonchev–Trinajstić information content (AvgIpc) is 2.66. The Bertz CT molecular complexity index is 253. The van der Waals surface area contributed by atoms with Crippen molar-refractivity contribution < 1.29 is 0 Å². The van der Waals surface area contributed by atoms with Crippen LogP contribution in [-0.2, 0) is 6.42 Å². The van der Waals surface area contributed by atoms with Crippen molar-refractivity contribution in [2.45, 2.75) is 45.6 Å². The van der Waals surface area contributed by atoms with Gasteiger partial charge >= 0.3 is 0 Å². The molecule has 0 aliphatic rings. The van der Waals surface area contributed by atoms with E-state index in [1.807, 2.05) is 11.3 Å². The molecule has 0 bridgehead atoms. The maximum Gasteiger partial charge on any atom is 0.0178 e. The van der Waals surface area contributed by atoms with Crippen LogP contribution in [0.1, 0.15) is 38.5 Å². The fourth-order valence-corrected chi connectivity index (χ4v) is 2.39. The SMILES string of the molecule is CCC(N)(CCc1cccs1)C(C)C. The zero-order valence-corrected chi connectivity index (χ0v) is 10.2. The topological polar surface area (TPSA) is 26.0 Å². The Labute approximate surface area is 91.3 Å². The number of hydrogen-bond donors (Lipinski definition) is 1. The second-order valence-corrected chi connectivity index (χ2v) is 5.35. The molecule has 0 aliphatic heterocycles. The van der Waals surface area contributed by atoms with Crippen LogP contribution in [-0.4, -0.2) is 5.54 Å². The van der Waals surface area contributed by atoms with Crippen LogP contribution in [0.5, 0.6) is 0 Å². The van der Waals surface area contributed by atoms with Crippen LogP contribution in [0.2, 0.25) is 0 Å². The number of rotatable bonds is 5. The molecule has 0 aliphatic carbocycles. The van der Waals surface area contributed by atoms with Gasteiger partial charge in [0.05, 0.1) is 0 Å². The molecule has 0 spiro atoms. The van der Waals surface area contributed by atoms with Crippen molar-refractivity contribution in [3.63, 3.8) is 0 Å². The van der Waals surface area contributed by atoms with Crippen molar-refractivity contribution in [3.8, 4) is 0 Å². The molecule has 1 heterocycles. The molecule has 1 unspecified atom stereocenters. The zero-order chi connectivity index (χ0) is 10.6. The van der Waals surface area contributed by atoms with Crippen molar-refractivity contribution in [3.05, 3.63) is 22.4 Å². The molecule has 0 aromatic carbocycles. The lowest BCUT2D eigenvalue weighted by molar-refractivity contribution is 0.278. The normalized spacial score (nSPS) is 15.8. The van der Waals surface area contributed by atoms with Gasteiger partial charge in [0.25, 0.3) is 0 Å². The van der Waals surface area contributed by atoms with Gasteiger partial charge in [0, 0.05) is 10.4 Å². The van der Waals surface area contributed by atoms with Crippen LogP contribution in [0.15, 0.2) is 17.5 Å². The number of thiophene rings is 1. The summed E-state index contributed by atoms with van der Waals surface area (Å²) in [7, 11) is 0. The third kappa shape index (κ3) is 2.82. The van der Waals surface area contributed by atoms with Gasteiger partial charge in [-0.25, -0.2) is 0 Å². The molecule has 0 fully saturated rings. The Hall–Kier alpha value is -0.340. The summed E-state index contributed by atoms with van der Waals surface area (Å²) >= 11 is 1.83. The molecule has 1 rings (SSSR count). The third-order valence-electron chi connectivity index (χ3n) is 3.23. The van der Waals surface area contributed by atoms with E-state index in [1.165, 1.54) is 4.88 Å². The summed E-state index contributed by atoms with van der Waals surface area (Å²) in [4.78, 5) is 1.45. The summed E-state index contributed by atoms with van der Waals surface area (Å²) < 4.78 is 0. The molecule has 2 N–H and O–H groups in total. The first-order chi connectivity index (χ1) is 6.58. The summed E-state index contributed by atoms with van der Waals surface area (Å²) in [6.45, 7) is 6.63. The minimum Gasteiger partial charge on any atom is -0.325 e. The molecule has 1 nitrogen and oxygen atoms in total. The van der Waals surface area contributed by atoms with E-state index in [2.05, 4.69) is 38.3 Å². The van der Waals surface area contributed by atoms with Crippen LogP contribution in [0.4, 0.5) is 0 Å². The second-order valence-electron chi connectivity index (χ2n) is 4.32. The van der Waals surface area contributed by atoms with Gasteiger partial charge in [0.15, 0.2) is 0 Å². The highest BCUT2D eigenvalue weighted by Gasteiger charge is 2.26. The van der Waals surface area contributed by atoms with Gasteiger partial charge in [-0.3, -0.25) is 0 Å². The first-order valence-corrected chi connectivity index (χ1v) is 6.27. The lowest BCUT2D eigenvalue weighted by Crippen LogP contribution is -2.44. The Balaban J connectivity index is 2.50. The van der Waals surface area contributed by atoms with Crippen LogP contribution in [0, 0.1) is 5.92 Å². The van der Waals surface area contributed by atoms with Crippen LogP contribution < -0.4 is 5.73 Å². The molecule has 80 valence electrons. The fraction of sp³-hybridized carbons (Fsp3) is 0.667. The Kier molecular flexibility index (Phi) is 4.14. The molecule has 14 heavy (non-hydrogen) atoms. The fourth-order valence-electron chi connectivity index (χ4n) is 1.68. The van der Waals surface area contributed by atoms with Crippen LogP contribution >= 0.6 is 11.3 Å². The lowest BCUT2D eigenvalue weighted by atomic mass is 9.81. The number of nitrogens with two attached hydrogens (primary N) is 1. The first kappa shape index (κ1) is 11.7. The van der Waals surface area contributed by atoms with Crippen molar-refractivity contribution in [2.24, 2.45) is 11.7 Å². The van der Waals surface area contributed by atoms with Crippen molar-refractivity contribution in [1.82, 2.24) is 0 Å². The Morgan fingerprint density at radius 1 is 1.50 bits per heavy atom.